The molecule has 3 amide bonds. The lowest BCUT2D eigenvalue weighted by atomic mass is 10.3. The number of furan rings is 1. The molecule has 1 aliphatic heterocycles. The number of nitrogens with zero attached hydrogens (tertiary/aromatic N) is 2. The zero-order valence-corrected chi connectivity index (χ0v) is 15.0. The summed E-state index contributed by atoms with van der Waals surface area (Å²) >= 11 is 0. The van der Waals surface area contributed by atoms with Crippen molar-refractivity contribution < 1.29 is 23.5 Å². The standard InChI is InChI=1S/C19H21N3O5/c1-14-7-12-26-17(14)18(24)27-13-16(23)21-8-10-22(11-9-21)19(25)20-15-5-3-2-4-6-15/h2-7,12H,8-11,13H2,1H3,(H,20,25). The lowest BCUT2D eigenvalue weighted by molar-refractivity contribution is -0.135. The number of nitrogens with one attached hydrogen (secondary N) is 1. The van der Waals surface area contributed by atoms with Gasteiger partial charge in [-0.1, -0.05) is 18.2 Å². The summed E-state index contributed by atoms with van der Waals surface area (Å²) in [4.78, 5) is 39.6. The van der Waals surface area contributed by atoms with E-state index in [-0.39, 0.29) is 24.3 Å². The van der Waals surface area contributed by atoms with E-state index in [1.807, 2.05) is 30.3 Å². The predicted molar refractivity (Wildman–Crippen MR) is 97.3 cm³/mol. The number of carbonyl (C=O) groups excluding carboxylic acids is 3. The van der Waals surface area contributed by atoms with Gasteiger partial charge in [0.25, 0.3) is 5.91 Å². The fourth-order valence-corrected chi connectivity index (χ4v) is 2.75. The zero-order chi connectivity index (χ0) is 19.2. The molecule has 8 nitrogen and oxygen atoms in total. The Hall–Kier alpha value is -3.29. The number of benzene rings is 1. The van der Waals surface area contributed by atoms with Crippen LogP contribution < -0.4 is 5.32 Å². The highest BCUT2D eigenvalue weighted by molar-refractivity contribution is 5.91. The minimum atomic E-state index is -0.660. The summed E-state index contributed by atoms with van der Waals surface area (Å²) in [6.45, 7) is 2.97. The number of anilines is 1. The van der Waals surface area contributed by atoms with E-state index in [1.165, 1.54) is 6.26 Å². The summed E-state index contributed by atoms with van der Waals surface area (Å²) in [5.74, 6) is -0.854. The number of hydrogen-bond acceptors (Lipinski definition) is 5. The van der Waals surface area contributed by atoms with E-state index in [0.29, 0.717) is 31.7 Å². The molecule has 0 saturated carbocycles. The smallest absolute Gasteiger partial charge is 0.375 e. The van der Waals surface area contributed by atoms with E-state index in [0.717, 1.165) is 5.69 Å². The van der Waals surface area contributed by atoms with Gasteiger partial charge in [0.2, 0.25) is 5.76 Å². The number of esters is 1. The molecule has 1 N–H and O–H groups in total. The van der Waals surface area contributed by atoms with Crippen LogP contribution in [-0.2, 0) is 9.53 Å². The van der Waals surface area contributed by atoms with Crippen molar-refractivity contribution in [1.82, 2.24) is 9.80 Å². The van der Waals surface area contributed by atoms with E-state index in [9.17, 15) is 14.4 Å². The molecule has 0 bridgehead atoms. The van der Waals surface area contributed by atoms with Gasteiger partial charge in [0, 0.05) is 37.4 Å². The van der Waals surface area contributed by atoms with Gasteiger partial charge in [0.1, 0.15) is 0 Å². The third-order valence-electron chi connectivity index (χ3n) is 4.32. The van der Waals surface area contributed by atoms with Gasteiger partial charge < -0.3 is 24.3 Å². The Morgan fingerprint density at radius 2 is 1.70 bits per heavy atom. The Balaban J connectivity index is 1.43. The van der Waals surface area contributed by atoms with Crippen molar-refractivity contribution in [2.75, 3.05) is 38.1 Å². The van der Waals surface area contributed by atoms with E-state index < -0.39 is 5.97 Å². The van der Waals surface area contributed by atoms with Crippen molar-refractivity contribution in [2.24, 2.45) is 0 Å². The molecular formula is C19H21N3O5. The van der Waals surface area contributed by atoms with Crippen LogP contribution in [0.1, 0.15) is 16.1 Å². The number of piperazine rings is 1. The number of ether oxygens (including phenoxy) is 1. The molecule has 2 aromatic rings. The summed E-state index contributed by atoms with van der Waals surface area (Å²) in [5.41, 5.74) is 1.38. The lowest BCUT2D eigenvalue weighted by Crippen LogP contribution is -2.52. The highest BCUT2D eigenvalue weighted by atomic mass is 16.5. The van der Waals surface area contributed by atoms with Crippen molar-refractivity contribution in [1.29, 1.82) is 0 Å². The van der Waals surface area contributed by atoms with Gasteiger partial charge in [-0.05, 0) is 25.1 Å². The largest absolute Gasteiger partial charge is 0.457 e. The van der Waals surface area contributed by atoms with Gasteiger partial charge >= 0.3 is 12.0 Å². The average Bonchev–Trinajstić information content (AvgIpc) is 3.12. The quantitative estimate of drug-likeness (QED) is 0.831. The van der Waals surface area contributed by atoms with Crippen molar-refractivity contribution in [3.8, 4) is 0 Å². The molecule has 0 aliphatic carbocycles. The second-order valence-corrected chi connectivity index (χ2v) is 6.17. The summed E-state index contributed by atoms with van der Waals surface area (Å²) < 4.78 is 10.1. The number of carbonyl (C=O) groups is 3. The fraction of sp³-hybridized carbons (Fsp3) is 0.316. The van der Waals surface area contributed by atoms with Crippen LogP contribution in [-0.4, -0.2) is 60.5 Å². The van der Waals surface area contributed by atoms with Crippen LogP contribution >= 0.6 is 0 Å². The van der Waals surface area contributed by atoms with Gasteiger partial charge in [0.15, 0.2) is 6.61 Å². The number of urea groups is 1. The van der Waals surface area contributed by atoms with Crippen LogP contribution in [0.3, 0.4) is 0 Å². The van der Waals surface area contributed by atoms with Crippen molar-refractivity contribution in [2.45, 2.75) is 6.92 Å². The Morgan fingerprint density at radius 1 is 1.04 bits per heavy atom. The van der Waals surface area contributed by atoms with Gasteiger partial charge in [-0.15, -0.1) is 0 Å². The lowest BCUT2D eigenvalue weighted by Gasteiger charge is -2.34. The monoisotopic (exact) mass is 371 g/mol. The third-order valence-corrected chi connectivity index (χ3v) is 4.32. The molecule has 0 unspecified atom stereocenters. The van der Waals surface area contributed by atoms with E-state index >= 15 is 0 Å². The zero-order valence-electron chi connectivity index (χ0n) is 15.0. The van der Waals surface area contributed by atoms with Gasteiger partial charge in [-0.2, -0.15) is 0 Å². The topological polar surface area (TPSA) is 92.1 Å². The molecule has 27 heavy (non-hydrogen) atoms. The molecule has 0 radical (unpaired) electrons. The molecule has 0 spiro atoms. The summed E-state index contributed by atoms with van der Waals surface area (Å²) in [5, 5.41) is 2.82. The third kappa shape index (κ3) is 4.66. The first-order valence-electron chi connectivity index (χ1n) is 8.64. The maximum atomic E-state index is 12.3. The first kappa shape index (κ1) is 18.5. The molecular weight excluding hydrogens is 350 g/mol. The average molecular weight is 371 g/mol. The molecule has 3 rings (SSSR count). The van der Waals surface area contributed by atoms with E-state index in [1.54, 1.807) is 22.8 Å². The maximum Gasteiger partial charge on any atom is 0.375 e. The van der Waals surface area contributed by atoms with Crippen molar-refractivity contribution in [3.63, 3.8) is 0 Å². The van der Waals surface area contributed by atoms with Crippen LogP contribution in [0.25, 0.3) is 0 Å². The van der Waals surface area contributed by atoms with E-state index in [4.69, 9.17) is 9.15 Å². The Kier molecular flexibility index (Phi) is 5.75. The minimum Gasteiger partial charge on any atom is -0.457 e. The molecule has 1 aromatic heterocycles. The van der Waals surface area contributed by atoms with Gasteiger partial charge in [0.05, 0.1) is 6.26 Å². The summed E-state index contributed by atoms with van der Waals surface area (Å²) in [7, 11) is 0. The first-order chi connectivity index (χ1) is 13.0. The number of rotatable bonds is 4. The van der Waals surface area contributed by atoms with Crippen LogP contribution in [0.5, 0.6) is 0 Å². The van der Waals surface area contributed by atoms with Crippen LogP contribution in [0.2, 0.25) is 0 Å². The Morgan fingerprint density at radius 3 is 2.33 bits per heavy atom. The van der Waals surface area contributed by atoms with Crippen molar-refractivity contribution >= 4 is 23.6 Å². The van der Waals surface area contributed by atoms with Crippen LogP contribution in [0.15, 0.2) is 47.1 Å². The molecule has 8 heteroatoms. The number of amides is 3. The highest BCUT2D eigenvalue weighted by Crippen LogP contribution is 2.11. The second-order valence-electron chi connectivity index (χ2n) is 6.17. The molecule has 2 heterocycles. The highest BCUT2D eigenvalue weighted by Gasteiger charge is 2.25. The fourth-order valence-electron chi connectivity index (χ4n) is 2.75. The minimum absolute atomic E-state index is 0.102. The van der Waals surface area contributed by atoms with E-state index in [2.05, 4.69) is 5.32 Å². The molecule has 1 fully saturated rings. The first-order valence-corrected chi connectivity index (χ1v) is 8.64. The van der Waals surface area contributed by atoms with Gasteiger partial charge in [-0.3, -0.25) is 4.79 Å². The molecule has 1 aromatic carbocycles. The maximum absolute atomic E-state index is 12.3. The van der Waals surface area contributed by atoms with Gasteiger partial charge in [-0.25, -0.2) is 9.59 Å². The SMILES string of the molecule is Cc1ccoc1C(=O)OCC(=O)N1CCN(C(=O)Nc2ccccc2)CC1. The number of para-hydroxylation sites is 1. The van der Waals surface area contributed by atoms with Crippen LogP contribution in [0.4, 0.5) is 10.5 Å². The normalized spacial score (nSPS) is 14.0. The number of hydrogen-bond donors (Lipinski definition) is 1. The Bertz CT molecular complexity index is 810. The molecule has 142 valence electrons. The predicted octanol–water partition coefficient (Wildman–Crippen LogP) is 2.12. The summed E-state index contributed by atoms with van der Waals surface area (Å²) in [6, 6.07) is 10.6. The molecule has 1 saturated heterocycles. The molecule has 1 aliphatic rings. The second kappa shape index (κ2) is 8.39. The summed E-state index contributed by atoms with van der Waals surface area (Å²) in [6.07, 6.45) is 1.40. The number of aryl methyl sites for hydroxylation is 1. The molecule has 0 atom stereocenters. The van der Waals surface area contributed by atoms with Crippen molar-refractivity contribution in [3.05, 3.63) is 54.0 Å². The Labute approximate surface area is 156 Å². The van der Waals surface area contributed by atoms with Crippen LogP contribution in [0, 0.1) is 6.92 Å².